The lowest BCUT2D eigenvalue weighted by molar-refractivity contribution is 0.0690. The Bertz CT molecular complexity index is 626. The summed E-state index contributed by atoms with van der Waals surface area (Å²) in [6.07, 6.45) is 2.79. The van der Waals surface area contributed by atoms with E-state index in [-0.39, 0.29) is 5.69 Å². The van der Waals surface area contributed by atoms with Gasteiger partial charge in [0.05, 0.1) is 12.4 Å². The zero-order chi connectivity index (χ0) is 14.0. The molecule has 19 heavy (non-hydrogen) atoms. The van der Waals surface area contributed by atoms with E-state index in [1.54, 1.807) is 6.20 Å². The number of anilines is 2. The number of aromatic nitrogens is 2. The minimum Gasteiger partial charge on any atom is -0.476 e. The van der Waals surface area contributed by atoms with E-state index in [9.17, 15) is 4.79 Å². The molecule has 1 N–H and O–H groups in total. The van der Waals surface area contributed by atoms with E-state index >= 15 is 0 Å². The van der Waals surface area contributed by atoms with Crippen LogP contribution in [0.2, 0.25) is 0 Å². The van der Waals surface area contributed by atoms with Crippen molar-refractivity contribution in [3.05, 3.63) is 47.4 Å². The molecule has 0 saturated carbocycles. The van der Waals surface area contributed by atoms with Crippen LogP contribution in [0.3, 0.4) is 0 Å². The van der Waals surface area contributed by atoms with Crippen LogP contribution in [0.4, 0.5) is 11.5 Å². The number of nitrogens with zero attached hydrogens (tertiary/aromatic N) is 3. The van der Waals surface area contributed by atoms with Gasteiger partial charge in [0.2, 0.25) is 0 Å². The Kier molecular flexibility index (Phi) is 3.46. The van der Waals surface area contributed by atoms with Crippen LogP contribution in [0.15, 0.2) is 30.6 Å². The van der Waals surface area contributed by atoms with Crippen molar-refractivity contribution in [2.24, 2.45) is 0 Å². The minimum atomic E-state index is -1.08. The molecule has 1 heterocycles. The first kappa shape index (κ1) is 13.0. The van der Waals surface area contributed by atoms with Crippen LogP contribution in [0, 0.1) is 13.8 Å². The summed E-state index contributed by atoms with van der Waals surface area (Å²) >= 11 is 0. The number of rotatable bonds is 3. The van der Waals surface area contributed by atoms with Crippen molar-refractivity contribution in [3.63, 3.8) is 0 Å². The van der Waals surface area contributed by atoms with Crippen LogP contribution in [-0.2, 0) is 0 Å². The maximum absolute atomic E-state index is 10.9. The summed E-state index contributed by atoms with van der Waals surface area (Å²) in [6.45, 7) is 4.04. The van der Waals surface area contributed by atoms with Crippen LogP contribution in [0.25, 0.3) is 0 Å². The number of aryl methyl sites for hydroxylation is 2. The summed E-state index contributed by atoms with van der Waals surface area (Å²) in [5.41, 5.74) is 3.20. The summed E-state index contributed by atoms with van der Waals surface area (Å²) < 4.78 is 0. The molecule has 0 saturated heterocycles. The Hall–Kier alpha value is -2.43. The fourth-order valence-electron chi connectivity index (χ4n) is 1.93. The van der Waals surface area contributed by atoms with Gasteiger partial charge in [-0.15, -0.1) is 0 Å². The number of benzene rings is 1. The van der Waals surface area contributed by atoms with Gasteiger partial charge in [0.25, 0.3) is 0 Å². The molecule has 0 radical (unpaired) electrons. The smallest absolute Gasteiger partial charge is 0.356 e. The highest BCUT2D eigenvalue weighted by molar-refractivity contribution is 5.85. The molecule has 0 atom stereocenters. The fraction of sp³-hybridized carbons (Fsp3) is 0.214. The van der Waals surface area contributed by atoms with Gasteiger partial charge in [0.1, 0.15) is 0 Å². The van der Waals surface area contributed by atoms with Gasteiger partial charge in [0.15, 0.2) is 11.5 Å². The lowest BCUT2D eigenvalue weighted by Crippen LogP contribution is -2.15. The number of aromatic carboxylic acids is 1. The zero-order valence-electron chi connectivity index (χ0n) is 11.1. The quantitative estimate of drug-likeness (QED) is 0.915. The van der Waals surface area contributed by atoms with E-state index in [2.05, 4.69) is 16.0 Å². The molecule has 1 aromatic carbocycles. The topological polar surface area (TPSA) is 66.3 Å². The van der Waals surface area contributed by atoms with Gasteiger partial charge in [-0.25, -0.2) is 9.78 Å². The van der Waals surface area contributed by atoms with Crippen LogP contribution in [0.5, 0.6) is 0 Å². The molecule has 0 fully saturated rings. The van der Waals surface area contributed by atoms with E-state index in [1.165, 1.54) is 11.8 Å². The highest BCUT2D eigenvalue weighted by Gasteiger charge is 2.12. The third kappa shape index (κ3) is 2.70. The summed E-state index contributed by atoms with van der Waals surface area (Å²) in [6, 6.07) is 6.06. The van der Waals surface area contributed by atoms with Crippen LogP contribution in [-0.4, -0.2) is 28.1 Å². The Balaban J connectivity index is 2.41. The van der Waals surface area contributed by atoms with Gasteiger partial charge < -0.3 is 10.0 Å². The third-order valence-corrected chi connectivity index (χ3v) is 2.90. The normalized spacial score (nSPS) is 10.3. The standard InChI is InChI=1S/C14H15N3O2/c1-9-4-5-12(10(2)6-9)17(3)13-8-15-7-11(16-13)14(18)19/h4-8H,1-3H3,(H,18,19). The monoisotopic (exact) mass is 257 g/mol. The van der Waals surface area contributed by atoms with E-state index in [1.807, 2.05) is 37.9 Å². The largest absolute Gasteiger partial charge is 0.476 e. The molecule has 98 valence electrons. The van der Waals surface area contributed by atoms with Crippen molar-refractivity contribution in [1.29, 1.82) is 0 Å². The van der Waals surface area contributed by atoms with Crippen molar-refractivity contribution in [3.8, 4) is 0 Å². The summed E-state index contributed by atoms with van der Waals surface area (Å²) in [7, 11) is 1.84. The van der Waals surface area contributed by atoms with Crippen molar-refractivity contribution in [2.75, 3.05) is 11.9 Å². The molecule has 0 aliphatic rings. The van der Waals surface area contributed by atoms with Gasteiger partial charge >= 0.3 is 5.97 Å². The number of hydrogen-bond donors (Lipinski definition) is 1. The predicted molar refractivity (Wildman–Crippen MR) is 73.0 cm³/mol. The molecular formula is C14H15N3O2. The minimum absolute atomic E-state index is 0.0610. The Morgan fingerprint density at radius 1 is 1.26 bits per heavy atom. The van der Waals surface area contributed by atoms with Gasteiger partial charge in [-0.2, -0.15) is 0 Å². The lowest BCUT2D eigenvalue weighted by Gasteiger charge is -2.20. The number of carboxylic acid groups (broad SMARTS) is 1. The van der Waals surface area contributed by atoms with Crippen molar-refractivity contribution < 1.29 is 9.90 Å². The fourth-order valence-corrected chi connectivity index (χ4v) is 1.93. The van der Waals surface area contributed by atoms with Crippen molar-refractivity contribution in [2.45, 2.75) is 13.8 Å². The van der Waals surface area contributed by atoms with E-state index in [4.69, 9.17) is 5.11 Å². The molecule has 0 aliphatic heterocycles. The zero-order valence-corrected chi connectivity index (χ0v) is 11.1. The first-order valence-corrected chi connectivity index (χ1v) is 5.85. The number of carbonyl (C=O) groups is 1. The number of carboxylic acids is 1. The average Bonchev–Trinajstić information content (AvgIpc) is 2.38. The lowest BCUT2D eigenvalue weighted by atomic mass is 10.1. The molecule has 5 heteroatoms. The summed E-state index contributed by atoms with van der Waals surface area (Å²) in [4.78, 5) is 20.7. The van der Waals surface area contributed by atoms with Gasteiger partial charge in [0, 0.05) is 12.7 Å². The second-order valence-corrected chi connectivity index (χ2v) is 4.42. The first-order chi connectivity index (χ1) is 8.99. The van der Waals surface area contributed by atoms with Gasteiger partial charge in [-0.3, -0.25) is 4.98 Å². The summed E-state index contributed by atoms with van der Waals surface area (Å²) in [5, 5.41) is 8.93. The molecular weight excluding hydrogens is 242 g/mol. The van der Waals surface area contributed by atoms with E-state index < -0.39 is 5.97 Å². The molecule has 0 spiro atoms. The van der Waals surface area contributed by atoms with Crippen molar-refractivity contribution in [1.82, 2.24) is 9.97 Å². The van der Waals surface area contributed by atoms with Crippen LogP contribution < -0.4 is 4.90 Å². The highest BCUT2D eigenvalue weighted by Crippen LogP contribution is 2.25. The molecule has 5 nitrogen and oxygen atoms in total. The Labute approximate surface area is 111 Å². The second-order valence-electron chi connectivity index (χ2n) is 4.42. The third-order valence-electron chi connectivity index (χ3n) is 2.90. The maximum atomic E-state index is 10.9. The average molecular weight is 257 g/mol. The molecule has 0 unspecified atom stereocenters. The molecule has 2 rings (SSSR count). The molecule has 0 amide bonds. The predicted octanol–water partition coefficient (Wildman–Crippen LogP) is 2.56. The maximum Gasteiger partial charge on any atom is 0.356 e. The highest BCUT2D eigenvalue weighted by atomic mass is 16.4. The van der Waals surface area contributed by atoms with Crippen LogP contribution >= 0.6 is 0 Å². The van der Waals surface area contributed by atoms with E-state index in [0.29, 0.717) is 5.82 Å². The van der Waals surface area contributed by atoms with Gasteiger partial charge in [-0.05, 0) is 25.5 Å². The number of hydrogen-bond acceptors (Lipinski definition) is 4. The molecule has 0 aliphatic carbocycles. The van der Waals surface area contributed by atoms with Gasteiger partial charge in [-0.1, -0.05) is 17.7 Å². The second kappa shape index (κ2) is 5.06. The molecule has 1 aromatic heterocycles. The molecule has 0 bridgehead atoms. The Morgan fingerprint density at radius 3 is 2.63 bits per heavy atom. The SMILES string of the molecule is Cc1ccc(N(C)c2cncc(C(=O)O)n2)c(C)c1. The Morgan fingerprint density at radius 2 is 2.00 bits per heavy atom. The first-order valence-electron chi connectivity index (χ1n) is 5.85. The van der Waals surface area contributed by atoms with Crippen LogP contribution in [0.1, 0.15) is 21.6 Å². The molecule has 2 aromatic rings. The van der Waals surface area contributed by atoms with Crippen molar-refractivity contribution >= 4 is 17.5 Å². The van der Waals surface area contributed by atoms with E-state index in [0.717, 1.165) is 11.3 Å². The summed E-state index contributed by atoms with van der Waals surface area (Å²) in [5.74, 6) is -0.574.